The summed E-state index contributed by atoms with van der Waals surface area (Å²) in [5.74, 6) is -0.840. The fraction of sp³-hybridized carbons (Fsp3) is 0.889. The van der Waals surface area contributed by atoms with Gasteiger partial charge in [0.1, 0.15) is 0 Å². The Kier molecular flexibility index (Phi) is 3.42. The molecule has 0 aromatic rings. The number of carboxylic acid groups (broad SMARTS) is 1. The molecule has 0 aromatic heterocycles. The third-order valence-corrected chi connectivity index (χ3v) is 2.54. The van der Waals surface area contributed by atoms with Crippen LogP contribution in [0.4, 0.5) is 8.78 Å². The van der Waals surface area contributed by atoms with Crippen LogP contribution in [0.1, 0.15) is 19.3 Å². The van der Waals surface area contributed by atoms with Gasteiger partial charge in [-0.15, -0.1) is 0 Å². The quantitative estimate of drug-likeness (QED) is 0.716. The van der Waals surface area contributed by atoms with Gasteiger partial charge in [-0.1, -0.05) is 0 Å². The number of nitrogens with zero attached hydrogens (tertiary/aromatic N) is 1. The average molecular weight is 207 g/mol. The lowest BCUT2D eigenvalue weighted by Crippen LogP contribution is -2.32. The summed E-state index contributed by atoms with van der Waals surface area (Å²) >= 11 is 0. The Morgan fingerprint density at radius 1 is 1.57 bits per heavy atom. The number of aliphatic carboxylic acids is 1. The molecule has 0 saturated heterocycles. The number of carboxylic acids is 1. The minimum absolute atomic E-state index is 0.0978. The van der Waals surface area contributed by atoms with E-state index in [4.69, 9.17) is 5.11 Å². The average Bonchev–Trinajstić information content (AvgIpc) is 2.63. The van der Waals surface area contributed by atoms with Gasteiger partial charge in [-0.25, -0.2) is 8.78 Å². The Morgan fingerprint density at radius 2 is 2.14 bits per heavy atom. The summed E-state index contributed by atoms with van der Waals surface area (Å²) in [7, 11) is 1.61. The molecule has 1 rings (SSSR count). The minimum atomic E-state index is -2.35. The fourth-order valence-electron chi connectivity index (χ4n) is 1.76. The van der Waals surface area contributed by atoms with Gasteiger partial charge in [0, 0.05) is 6.54 Å². The molecule has 0 radical (unpaired) electrons. The number of hydrogen-bond donors (Lipinski definition) is 1. The second-order valence-electron chi connectivity index (χ2n) is 4.16. The summed E-state index contributed by atoms with van der Waals surface area (Å²) in [6.45, 7) is 0.186. The maximum Gasteiger partial charge on any atom is 0.303 e. The van der Waals surface area contributed by atoms with Crippen molar-refractivity contribution in [1.82, 2.24) is 4.90 Å². The summed E-state index contributed by atoms with van der Waals surface area (Å²) in [6.07, 6.45) is -0.569. The summed E-state index contributed by atoms with van der Waals surface area (Å²) in [6, 6.07) is 0. The third kappa shape index (κ3) is 3.57. The van der Waals surface area contributed by atoms with E-state index >= 15 is 0 Å². The van der Waals surface area contributed by atoms with Crippen LogP contribution < -0.4 is 0 Å². The van der Waals surface area contributed by atoms with Gasteiger partial charge in [-0.3, -0.25) is 4.79 Å². The minimum Gasteiger partial charge on any atom is -0.481 e. The smallest absolute Gasteiger partial charge is 0.303 e. The van der Waals surface area contributed by atoms with Gasteiger partial charge in [0.25, 0.3) is 6.43 Å². The second-order valence-corrected chi connectivity index (χ2v) is 4.16. The van der Waals surface area contributed by atoms with Crippen LogP contribution in [0.25, 0.3) is 0 Å². The molecule has 0 amide bonds. The highest BCUT2D eigenvalue weighted by atomic mass is 19.3. The van der Waals surface area contributed by atoms with E-state index in [1.54, 1.807) is 7.05 Å². The number of hydrogen-bond acceptors (Lipinski definition) is 2. The number of rotatable bonds is 6. The van der Waals surface area contributed by atoms with Crippen molar-refractivity contribution in [1.29, 1.82) is 0 Å². The Hall–Kier alpha value is -0.710. The van der Waals surface area contributed by atoms with Crippen molar-refractivity contribution in [3.05, 3.63) is 0 Å². The van der Waals surface area contributed by atoms with Crippen LogP contribution in [-0.4, -0.2) is 42.5 Å². The molecule has 14 heavy (non-hydrogen) atoms. The highest BCUT2D eigenvalue weighted by Crippen LogP contribution is 2.49. The zero-order valence-electron chi connectivity index (χ0n) is 8.17. The molecule has 5 heteroatoms. The molecule has 1 N–H and O–H groups in total. The van der Waals surface area contributed by atoms with Crippen molar-refractivity contribution in [2.75, 3.05) is 20.1 Å². The lowest BCUT2D eigenvalue weighted by atomic mass is 10.0. The molecule has 0 bridgehead atoms. The Bertz CT molecular complexity index is 217. The van der Waals surface area contributed by atoms with Crippen LogP contribution in [0.2, 0.25) is 0 Å². The first-order valence-corrected chi connectivity index (χ1v) is 4.62. The van der Waals surface area contributed by atoms with Crippen LogP contribution in [0.5, 0.6) is 0 Å². The van der Waals surface area contributed by atoms with Gasteiger partial charge in [-0.05, 0) is 25.3 Å². The summed E-state index contributed by atoms with van der Waals surface area (Å²) in [5.41, 5.74) is -0.227. The Labute approximate surface area is 81.7 Å². The van der Waals surface area contributed by atoms with E-state index in [1.165, 1.54) is 4.90 Å². The third-order valence-electron chi connectivity index (χ3n) is 2.54. The lowest BCUT2D eigenvalue weighted by molar-refractivity contribution is -0.138. The van der Waals surface area contributed by atoms with Gasteiger partial charge in [0.05, 0.1) is 13.0 Å². The molecule has 0 atom stereocenters. The molecule has 0 aliphatic heterocycles. The largest absolute Gasteiger partial charge is 0.481 e. The van der Waals surface area contributed by atoms with Gasteiger partial charge >= 0.3 is 5.97 Å². The molecule has 0 spiro atoms. The van der Waals surface area contributed by atoms with Crippen LogP contribution in [0.3, 0.4) is 0 Å². The number of alkyl halides is 2. The van der Waals surface area contributed by atoms with Crippen molar-refractivity contribution < 1.29 is 18.7 Å². The zero-order valence-corrected chi connectivity index (χ0v) is 8.17. The first-order chi connectivity index (χ1) is 6.43. The predicted molar refractivity (Wildman–Crippen MR) is 47.4 cm³/mol. The van der Waals surface area contributed by atoms with Gasteiger partial charge < -0.3 is 10.0 Å². The molecule has 0 heterocycles. The van der Waals surface area contributed by atoms with Crippen LogP contribution in [0, 0.1) is 5.41 Å². The van der Waals surface area contributed by atoms with E-state index in [0.717, 1.165) is 12.8 Å². The molecule has 1 aliphatic carbocycles. The fourth-order valence-corrected chi connectivity index (χ4v) is 1.76. The number of carbonyl (C=O) groups is 1. The zero-order chi connectivity index (χ0) is 10.8. The Balaban J connectivity index is 2.32. The molecule has 0 aromatic carbocycles. The van der Waals surface area contributed by atoms with Crippen molar-refractivity contribution in [2.45, 2.75) is 25.7 Å². The maximum atomic E-state index is 12.0. The molecule has 3 nitrogen and oxygen atoms in total. The Morgan fingerprint density at radius 3 is 2.50 bits per heavy atom. The van der Waals surface area contributed by atoms with Crippen molar-refractivity contribution in [3.8, 4) is 0 Å². The normalized spacial score (nSPS) is 18.9. The van der Waals surface area contributed by atoms with Gasteiger partial charge in [0.2, 0.25) is 0 Å². The van der Waals surface area contributed by atoms with E-state index in [1.807, 2.05) is 0 Å². The predicted octanol–water partition coefficient (Wildman–Crippen LogP) is 1.44. The van der Waals surface area contributed by atoms with Gasteiger partial charge in [-0.2, -0.15) is 0 Å². The van der Waals surface area contributed by atoms with Crippen LogP contribution in [0.15, 0.2) is 0 Å². The number of halogens is 2. The summed E-state index contributed by atoms with van der Waals surface area (Å²) in [5, 5.41) is 8.62. The summed E-state index contributed by atoms with van der Waals surface area (Å²) < 4.78 is 24.0. The molecule has 1 aliphatic rings. The summed E-state index contributed by atoms with van der Waals surface area (Å²) in [4.78, 5) is 12.0. The van der Waals surface area contributed by atoms with Crippen molar-refractivity contribution >= 4 is 5.97 Å². The highest BCUT2D eigenvalue weighted by molar-refractivity contribution is 5.68. The topological polar surface area (TPSA) is 40.5 Å². The van der Waals surface area contributed by atoms with Crippen molar-refractivity contribution in [3.63, 3.8) is 0 Å². The van der Waals surface area contributed by atoms with E-state index in [2.05, 4.69) is 0 Å². The van der Waals surface area contributed by atoms with E-state index in [0.29, 0.717) is 6.54 Å². The van der Waals surface area contributed by atoms with E-state index in [9.17, 15) is 13.6 Å². The molecular formula is C9H15F2NO2. The van der Waals surface area contributed by atoms with E-state index < -0.39 is 12.4 Å². The highest BCUT2D eigenvalue weighted by Gasteiger charge is 2.45. The lowest BCUT2D eigenvalue weighted by Gasteiger charge is -2.21. The monoisotopic (exact) mass is 207 g/mol. The molecule has 1 saturated carbocycles. The van der Waals surface area contributed by atoms with Crippen LogP contribution >= 0.6 is 0 Å². The molecular weight excluding hydrogens is 192 g/mol. The molecule has 1 fully saturated rings. The second kappa shape index (κ2) is 4.21. The van der Waals surface area contributed by atoms with Crippen molar-refractivity contribution in [2.24, 2.45) is 5.41 Å². The first kappa shape index (κ1) is 11.4. The maximum absolute atomic E-state index is 12.0. The molecule has 82 valence electrons. The van der Waals surface area contributed by atoms with Gasteiger partial charge in [0.15, 0.2) is 0 Å². The molecule has 0 unspecified atom stereocenters. The standard InChI is InChI=1S/C9H15F2NO2/c1-12(5-7(10)11)6-9(2-3-9)4-8(13)14/h7H,2-6H2,1H3,(H,13,14). The van der Waals surface area contributed by atoms with Crippen LogP contribution in [-0.2, 0) is 4.79 Å². The SMILES string of the molecule is CN(CC(F)F)CC1(CC(=O)O)CC1. The first-order valence-electron chi connectivity index (χ1n) is 4.62. The van der Waals surface area contributed by atoms with E-state index in [-0.39, 0.29) is 18.4 Å².